The Balaban J connectivity index is 1.67. The first kappa shape index (κ1) is 24.9. The van der Waals surface area contributed by atoms with Crippen molar-refractivity contribution in [1.29, 1.82) is 0 Å². The summed E-state index contributed by atoms with van der Waals surface area (Å²) in [5, 5.41) is 3.16. The van der Waals surface area contributed by atoms with E-state index in [2.05, 4.69) is 24.1 Å². The number of fused-ring (bicyclic) bond motifs is 1. The molecule has 0 radical (unpaired) electrons. The lowest BCUT2D eigenvalue weighted by atomic mass is 10.1. The molecule has 0 saturated carbocycles. The average molecular weight is 496 g/mol. The summed E-state index contributed by atoms with van der Waals surface area (Å²) in [6.45, 7) is 6.89. The lowest BCUT2D eigenvalue weighted by molar-refractivity contribution is -0.119. The van der Waals surface area contributed by atoms with Crippen molar-refractivity contribution in [2.24, 2.45) is 5.92 Å². The van der Waals surface area contributed by atoms with Gasteiger partial charge in [0.25, 0.3) is 5.91 Å². The zero-order chi connectivity index (χ0) is 25.2. The average Bonchev–Trinajstić information content (AvgIpc) is 2.80. The lowest BCUT2D eigenvalue weighted by Gasteiger charge is -2.40. The van der Waals surface area contributed by atoms with Gasteiger partial charge >= 0.3 is 7.60 Å². The van der Waals surface area contributed by atoms with Crippen molar-refractivity contribution >= 4 is 42.3 Å². The second-order valence-electron chi connectivity index (χ2n) is 9.11. The Bertz CT molecular complexity index is 1230. The number of anilines is 5. The Kier molecular flexibility index (Phi) is 7.21. The van der Waals surface area contributed by atoms with Crippen molar-refractivity contribution in [3.05, 3.63) is 66.4 Å². The molecule has 3 N–H and O–H groups in total. The number of hydrogen-bond donors (Lipinski definition) is 3. The smallest absolute Gasteiger partial charge is 0.329 e. The number of amides is 1. The van der Waals surface area contributed by atoms with E-state index >= 15 is 0 Å². The highest BCUT2D eigenvalue weighted by Gasteiger charge is 2.37. The number of carbonyl (C=O) groups is 1. The normalized spacial score (nSPS) is 15.9. The Labute approximate surface area is 205 Å². The summed E-state index contributed by atoms with van der Waals surface area (Å²) >= 11 is 0. The number of aromatic nitrogens is 2. The van der Waals surface area contributed by atoms with Crippen molar-refractivity contribution < 1.29 is 19.1 Å². The van der Waals surface area contributed by atoms with Crippen molar-refractivity contribution in [1.82, 2.24) is 9.97 Å². The van der Waals surface area contributed by atoms with Crippen molar-refractivity contribution in [2.45, 2.75) is 39.4 Å². The molecule has 9 nitrogen and oxygen atoms in total. The van der Waals surface area contributed by atoms with Crippen LogP contribution in [0.2, 0.25) is 0 Å². The quantitative estimate of drug-likeness (QED) is 0.381. The molecule has 1 aliphatic heterocycles. The zero-order valence-corrected chi connectivity index (χ0v) is 20.9. The van der Waals surface area contributed by atoms with Crippen LogP contribution in [0, 0.1) is 5.92 Å². The molecule has 0 bridgehead atoms. The summed E-state index contributed by atoms with van der Waals surface area (Å²) in [6, 6.07) is 15.9. The molecule has 1 aromatic heterocycles. The van der Waals surface area contributed by atoms with Crippen molar-refractivity contribution in [3.63, 3.8) is 0 Å². The van der Waals surface area contributed by atoms with Crippen LogP contribution in [0.1, 0.15) is 32.8 Å². The Morgan fingerprint density at radius 1 is 1.09 bits per heavy atom. The Hall–Kier alpha value is -3.26. The van der Waals surface area contributed by atoms with E-state index in [1.807, 2.05) is 42.2 Å². The minimum Gasteiger partial charge on any atom is -0.343 e. The van der Waals surface area contributed by atoms with Gasteiger partial charge in [-0.1, -0.05) is 44.2 Å². The van der Waals surface area contributed by atoms with E-state index in [1.165, 1.54) is 0 Å². The predicted octanol–water partition coefficient (Wildman–Crippen LogP) is 4.82. The van der Waals surface area contributed by atoms with E-state index in [1.54, 1.807) is 35.4 Å². The number of nitrogens with one attached hydrogen (secondary N) is 1. The third-order valence-corrected chi connectivity index (χ3v) is 6.65. The number of nitrogens with zero attached hydrogens (tertiary/aromatic N) is 4. The summed E-state index contributed by atoms with van der Waals surface area (Å²) in [5.41, 5.74) is 2.62. The number of carbonyl (C=O) groups excluding carboxylic acids is 1. The first-order valence-electron chi connectivity index (χ1n) is 11.6. The second kappa shape index (κ2) is 10.2. The maximum absolute atomic E-state index is 13.4. The van der Waals surface area contributed by atoms with Crippen LogP contribution in [0.5, 0.6) is 0 Å². The highest BCUT2D eigenvalue weighted by Crippen LogP contribution is 2.40. The van der Waals surface area contributed by atoms with E-state index in [9.17, 15) is 19.1 Å². The monoisotopic (exact) mass is 495 g/mol. The minimum absolute atomic E-state index is 0.0302. The number of benzene rings is 2. The van der Waals surface area contributed by atoms with E-state index in [0.717, 1.165) is 12.1 Å². The van der Waals surface area contributed by atoms with E-state index in [-0.39, 0.29) is 12.1 Å². The molecule has 4 rings (SSSR count). The fraction of sp³-hybridized carbons (Fsp3) is 0.320. The van der Waals surface area contributed by atoms with Gasteiger partial charge in [-0.15, -0.1) is 0 Å². The molecule has 3 aromatic rings. The largest absolute Gasteiger partial charge is 0.343 e. The first-order chi connectivity index (χ1) is 16.6. The third kappa shape index (κ3) is 5.88. The van der Waals surface area contributed by atoms with Crippen LogP contribution >= 0.6 is 7.60 Å². The number of para-hydroxylation sites is 1. The molecule has 0 fully saturated rings. The van der Waals surface area contributed by atoms with Crippen LogP contribution in [-0.4, -0.2) is 38.2 Å². The molecule has 2 aromatic carbocycles. The van der Waals surface area contributed by atoms with Crippen molar-refractivity contribution in [3.8, 4) is 0 Å². The van der Waals surface area contributed by atoms with E-state index < -0.39 is 13.6 Å². The van der Waals surface area contributed by atoms with Gasteiger partial charge in [0.1, 0.15) is 11.7 Å². The fourth-order valence-electron chi connectivity index (χ4n) is 4.02. The molecule has 35 heavy (non-hydrogen) atoms. The standard InChI is InChI=1S/C25H30N5O4P/c1-17(2)13-14-29-18(3)24(31)30(21-7-5-4-6-8-21)22-15-26-25(28-23(22)29)27-20-11-9-19(10-12-20)16-35(32,33)34/h4-12,15,17-18H,13-14,16H2,1-3H3,(H,26,27,28)(H2,32,33,34). The predicted molar refractivity (Wildman–Crippen MR) is 137 cm³/mol. The Morgan fingerprint density at radius 2 is 1.77 bits per heavy atom. The molecule has 0 spiro atoms. The zero-order valence-electron chi connectivity index (χ0n) is 20.0. The van der Waals surface area contributed by atoms with Crippen LogP contribution in [0.4, 0.5) is 28.8 Å². The maximum atomic E-state index is 13.4. The molecule has 10 heteroatoms. The maximum Gasteiger partial charge on any atom is 0.329 e. The van der Waals surface area contributed by atoms with Gasteiger partial charge in [0.15, 0.2) is 5.82 Å². The summed E-state index contributed by atoms with van der Waals surface area (Å²) < 4.78 is 11.2. The van der Waals surface area contributed by atoms with Crippen LogP contribution in [0.15, 0.2) is 60.8 Å². The highest BCUT2D eigenvalue weighted by atomic mass is 31.2. The van der Waals surface area contributed by atoms with Gasteiger partial charge in [-0.05, 0) is 49.1 Å². The molecule has 0 saturated heterocycles. The molecular weight excluding hydrogens is 465 g/mol. The van der Waals surface area contributed by atoms with Crippen LogP contribution in [0.3, 0.4) is 0 Å². The van der Waals surface area contributed by atoms with Crippen molar-refractivity contribution in [2.75, 3.05) is 21.7 Å². The fourth-order valence-corrected chi connectivity index (χ4v) is 4.71. The second-order valence-corrected chi connectivity index (χ2v) is 10.8. The lowest BCUT2D eigenvalue weighted by Crippen LogP contribution is -2.51. The van der Waals surface area contributed by atoms with Gasteiger partial charge in [0, 0.05) is 17.9 Å². The van der Waals surface area contributed by atoms with E-state index in [0.29, 0.717) is 41.2 Å². The molecule has 1 amide bonds. The molecule has 0 aliphatic carbocycles. The first-order valence-corrected chi connectivity index (χ1v) is 13.4. The number of rotatable bonds is 8. The van der Waals surface area contributed by atoms with Crippen LogP contribution < -0.4 is 15.1 Å². The van der Waals surface area contributed by atoms with Gasteiger partial charge < -0.3 is 20.0 Å². The van der Waals surface area contributed by atoms with Gasteiger partial charge in [0.05, 0.1) is 12.4 Å². The molecule has 184 valence electrons. The topological polar surface area (TPSA) is 119 Å². The van der Waals surface area contributed by atoms with Gasteiger partial charge in [-0.3, -0.25) is 14.3 Å². The Morgan fingerprint density at radius 3 is 2.40 bits per heavy atom. The van der Waals surface area contributed by atoms with Gasteiger partial charge in [-0.25, -0.2) is 4.98 Å². The molecule has 2 heterocycles. The summed E-state index contributed by atoms with van der Waals surface area (Å²) in [4.78, 5) is 44.7. The molecular formula is C25H30N5O4P. The summed E-state index contributed by atoms with van der Waals surface area (Å²) in [5.74, 6) is 1.49. The van der Waals surface area contributed by atoms with E-state index in [4.69, 9.17) is 4.98 Å². The van der Waals surface area contributed by atoms with Gasteiger partial charge in [-0.2, -0.15) is 4.98 Å². The van der Waals surface area contributed by atoms with Crippen LogP contribution in [-0.2, 0) is 15.5 Å². The van der Waals surface area contributed by atoms with Crippen LogP contribution in [0.25, 0.3) is 0 Å². The SMILES string of the molecule is CC(C)CCN1c2nc(Nc3ccc(CP(=O)(O)O)cc3)ncc2N(c2ccccc2)C(=O)C1C. The summed E-state index contributed by atoms with van der Waals surface area (Å²) in [7, 11) is -4.13. The molecule has 1 atom stereocenters. The highest BCUT2D eigenvalue weighted by molar-refractivity contribution is 7.50. The molecule has 1 aliphatic rings. The van der Waals surface area contributed by atoms with Gasteiger partial charge in [0.2, 0.25) is 5.95 Å². The number of hydrogen-bond acceptors (Lipinski definition) is 6. The minimum atomic E-state index is -4.13. The molecule has 1 unspecified atom stereocenters. The third-order valence-electron chi connectivity index (χ3n) is 5.87. The summed E-state index contributed by atoms with van der Waals surface area (Å²) in [6.07, 6.45) is 2.26.